The molecule has 168 valence electrons. The first kappa shape index (κ1) is 24.5. The number of rotatable bonds is 11. The molecule has 2 atom stereocenters. The molecule has 0 aliphatic carbocycles. The van der Waals surface area contributed by atoms with Gasteiger partial charge in [0.25, 0.3) is 5.91 Å². The van der Waals surface area contributed by atoms with E-state index in [9.17, 15) is 9.59 Å². The SMILES string of the molecule is CC[C@@H](C)NC(=O)[C@H](CC)N(Cc1ccc(Cl)cc1)C(=O)COc1ccc(OC)cc1. The second kappa shape index (κ2) is 12.2. The van der Waals surface area contributed by atoms with E-state index in [4.69, 9.17) is 21.1 Å². The molecule has 0 saturated heterocycles. The van der Waals surface area contributed by atoms with E-state index in [1.54, 1.807) is 48.4 Å². The molecule has 6 nitrogen and oxygen atoms in total. The Hall–Kier alpha value is -2.73. The van der Waals surface area contributed by atoms with Crippen LogP contribution in [0.25, 0.3) is 0 Å². The number of ether oxygens (including phenoxy) is 2. The summed E-state index contributed by atoms with van der Waals surface area (Å²) in [4.78, 5) is 27.6. The topological polar surface area (TPSA) is 67.9 Å². The summed E-state index contributed by atoms with van der Waals surface area (Å²) in [6.45, 7) is 5.96. The number of amides is 2. The van der Waals surface area contributed by atoms with Gasteiger partial charge in [-0.25, -0.2) is 0 Å². The zero-order valence-corrected chi connectivity index (χ0v) is 19.3. The van der Waals surface area contributed by atoms with Crippen LogP contribution in [0.1, 0.15) is 39.2 Å². The number of halogens is 1. The first-order chi connectivity index (χ1) is 14.9. The van der Waals surface area contributed by atoms with Crippen molar-refractivity contribution in [3.05, 3.63) is 59.1 Å². The van der Waals surface area contributed by atoms with Crippen molar-refractivity contribution in [3.63, 3.8) is 0 Å². The molecule has 0 unspecified atom stereocenters. The summed E-state index contributed by atoms with van der Waals surface area (Å²) >= 11 is 5.99. The Morgan fingerprint density at radius 1 is 1.00 bits per heavy atom. The number of carbonyl (C=O) groups is 2. The molecule has 1 N–H and O–H groups in total. The number of nitrogens with one attached hydrogen (secondary N) is 1. The monoisotopic (exact) mass is 446 g/mol. The third kappa shape index (κ3) is 7.47. The highest BCUT2D eigenvalue weighted by Gasteiger charge is 2.29. The maximum absolute atomic E-state index is 13.1. The van der Waals surface area contributed by atoms with Crippen molar-refractivity contribution in [2.24, 2.45) is 0 Å². The summed E-state index contributed by atoms with van der Waals surface area (Å²) in [5, 5.41) is 3.61. The molecule has 0 aliphatic rings. The number of hydrogen-bond donors (Lipinski definition) is 1. The zero-order valence-electron chi connectivity index (χ0n) is 18.6. The Morgan fingerprint density at radius 3 is 2.16 bits per heavy atom. The Bertz CT molecular complexity index is 840. The molecule has 0 radical (unpaired) electrons. The molecule has 7 heteroatoms. The molecule has 0 fully saturated rings. The molecule has 0 saturated carbocycles. The Kier molecular flexibility index (Phi) is 9.66. The lowest BCUT2D eigenvalue weighted by Gasteiger charge is -2.31. The average Bonchev–Trinajstić information content (AvgIpc) is 2.78. The van der Waals surface area contributed by atoms with Gasteiger partial charge in [-0.05, 0) is 61.7 Å². The predicted octanol–water partition coefficient (Wildman–Crippen LogP) is 4.45. The fourth-order valence-corrected chi connectivity index (χ4v) is 3.17. The van der Waals surface area contributed by atoms with Gasteiger partial charge in [0.1, 0.15) is 17.5 Å². The van der Waals surface area contributed by atoms with Crippen molar-refractivity contribution >= 4 is 23.4 Å². The maximum Gasteiger partial charge on any atom is 0.261 e. The third-order valence-corrected chi connectivity index (χ3v) is 5.33. The van der Waals surface area contributed by atoms with E-state index in [0.29, 0.717) is 22.9 Å². The second-order valence-corrected chi connectivity index (χ2v) is 7.79. The van der Waals surface area contributed by atoms with Crippen LogP contribution in [0.15, 0.2) is 48.5 Å². The summed E-state index contributed by atoms with van der Waals surface area (Å²) in [7, 11) is 1.59. The van der Waals surface area contributed by atoms with Gasteiger partial charge in [0.15, 0.2) is 6.61 Å². The molecule has 0 heterocycles. The molecule has 2 aromatic carbocycles. The van der Waals surface area contributed by atoms with Crippen LogP contribution in [0.5, 0.6) is 11.5 Å². The normalized spacial score (nSPS) is 12.5. The number of carbonyl (C=O) groups excluding carboxylic acids is 2. The molecule has 0 aromatic heterocycles. The van der Waals surface area contributed by atoms with Gasteiger partial charge in [-0.15, -0.1) is 0 Å². The molecule has 2 aromatic rings. The molecule has 0 aliphatic heterocycles. The van der Waals surface area contributed by atoms with Gasteiger partial charge < -0.3 is 19.7 Å². The highest BCUT2D eigenvalue weighted by atomic mass is 35.5. The number of methoxy groups -OCH3 is 1. The summed E-state index contributed by atoms with van der Waals surface area (Å²) < 4.78 is 10.8. The van der Waals surface area contributed by atoms with Crippen LogP contribution in [0.3, 0.4) is 0 Å². The van der Waals surface area contributed by atoms with Gasteiger partial charge in [-0.3, -0.25) is 9.59 Å². The standard InChI is InChI=1S/C24H31ClN2O4/c1-5-17(3)26-24(29)22(6-2)27(15-18-7-9-19(25)10-8-18)23(28)16-31-21-13-11-20(30-4)12-14-21/h7-14,17,22H,5-6,15-16H2,1-4H3,(H,26,29)/t17-,22+/m1/s1. The van der Waals surface area contributed by atoms with Crippen molar-refractivity contribution in [2.75, 3.05) is 13.7 Å². The minimum atomic E-state index is -0.600. The maximum atomic E-state index is 13.1. The first-order valence-corrected chi connectivity index (χ1v) is 10.9. The van der Waals surface area contributed by atoms with Gasteiger partial charge in [-0.2, -0.15) is 0 Å². The third-order valence-electron chi connectivity index (χ3n) is 5.07. The summed E-state index contributed by atoms with van der Waals surface area (Å²) in [6, 6.07) is 13.7. The lowest BCUT2D eigenvalue weighted by atomic mass is 10.1. The molecular formula is C24H31ClN2O4. The Labute approximate surface area is 189 Å². The van der Waals surface area contributed by atoms with E-state index in [1.165, 1.54) is 0 Å². The molecule has 0 spiro atoms. The number of hydrogen-bond acceptors (Lipinski definition) is 4. The molecule has 0 bridgehead atoms. The van der Waals surface area contributed by atoms with Gasteiger partial charge in [0, 0.05) is 17.6 Å². The van der Waals surface area contributed by atoms with Crippen molar-refractivity contribution in [1.29, 1.82) is 0 Å². The van der Waals surface area contributed by atoms with Gasteiger partial charge in [0.2, 0.25) is 5.91 Å². The minimum absolute atomic E-state index is 0.0320. The van der Waals surface area contributed by atoms with Crippen LogP contribution in [0.4, 0.5) is 0 Å². The smallest absolute Gasteiger partial charge is 0.261 e. The van der Waals surface area contributed by atoms with Crippen LogP contribution >= 0.6 is 11.6 Å². The highest BCUT2D eigenvalue weighted by Crippen LogP contribution is 2.19. The average molecular weight is 447 g/mol. The van der Waals surface area contributed by atoms with E-state index in [-0.39, 0.29) is 31.0 Å². The van der Waals surface area contributed by atoms with Crippen molar-refractivity contribution < 1.29 is 19.1 Å². The molecule has 31 heavy (non-hydrogen) atoms. The van der Waals surface area contributed by atoms with E-state index >= 15 is 0 Å². The van der Waals surface area contributed by atoms with Crippen molar-refractivity contribution in [3.8, 4) is 11.5 Å². The number of benzene rings is 2. The summed E-state index contributed by atoms with van der Waals surface area (Å²) in [5.74, 6) is 0.828. The van der Waals surface area contributed by atoms with Crippen molar-refractivity contribution in [2.45, 2.75) is 52.2 Å². The van der Waals surface area contributed by atoms with Crippen LogP contribution in [-0.2, 0) is 16.1 Å². The lowest BCUT2D eigenvalue weighted by molar-refractivity contribution is -0.143. The fraction of sp³-hybridized carbons (Fsp3) is 0.417. The summed E-state index contributed by atoms with van der Waals surface area (Å²) in [5.41, 5.74) is 0.886. The van der Waals surface area contributed by atoms with E-state index in [0.717, 1.165) is 12.0 Å². The van der Waals surface area contributed by atoms with Gasteiger partial charge in [0.05, 0.1) is 7.11 Å². The van der Waals surface area contributed by atoms with Gasteiger partial charge in [-0.1, -0.05) is 37.6 Å². The van der Waals surface area contributed by atoms with Crippen LogP contribution in [0, 0.1) is 0 Å². The predicted molar refractivity (Wildman–Crippen MR) is 122 cm³/mol. The van der Waals surface area contributed by atoms with Gasteiger partial charge >= 0.3 is 0 Å². The Balaban J connectivity index is 2.18. The largest absolute Gasteiger partial charge is 0.497 e. The molecule has 2 amide bonds. The molecular weight excluding hydrogens is 416 g/mol. The quantitative estimate of drug-likeness (QED) is 0.553. The highest BCUT2D eigenvalue weighted by molar-refractivity contribution is 6.30. The first-order valence-electron chi connectivity index (χ1n) is 10.5. The fourth-order valence-electron chi connectivity index (χ4n) is 3.05. The minimum Gasteiger partial charge on any atom is -0.497 e. The summed E-state index contributed by atoms with van der Waals surface area (Å²) in [6.07, 6.45) is 1.30. The van der Waals surface area contributed by atoms with Crippen LogP contribution < -0.4 is 14.8 Å². The van der Waals surface area contributed by atoms with Crippen LogP contribution in [-0.4, -0.2) is 42.5 Å². The van der Waals surface area contributed by atoms with Crippen LogP contribution in [0.2, 0.25) is 5.02 Å². The second-order valence-electron chi connectivity index (χ2n) is 7.35. The zero-order chi connectivity index (χ0) is 22.8. The van der Waals surface area contributed by atoms with Crippen molar-refractivity contribution in [1.82, 2.24) is 10.2 Å². The Morgan fingerprint density at radius 2 is 1.61 bits per heavy atom. The molecule has 2 rings (SSSR count). The lowest BCUT2D eigenvalue weighted by Crippen LogP contribution is -2.51. The van der Waals surface area contributed by atoms with E-state index in [2.05, 4.69) is 5.32 Å². The van der Waals surface area contributed by atoms with E-state index < -0.39 is 6.04 Å². The number of nitrogens with zero attached hydrogens (tertiary/aromatic N) is 1. The van der Waals surface area contributed by atoms with E-state index in [1.807, 2.05) is 32.9 Å².